The van der Waals surface area contributed by atoms with Gasteiger partial charge in [0.25, 0.3) is 0 Å². The molecule has 3 rings (SSSR count). The summed E-state index contributed by atoms with van der Waals surface area (Å²) in [6.45, 7) is 7.15. The highest BCUT2D eigenvalue weighted by Crippen LogP contribution is 2.30. The molecule has 2 heterocycles. The lowest BCUT2D eigenvalue weighted by Crippen LogP contribution is -2.45. The number of hydrogen-bond donors (Lipinski definition) is 0. The molecule has 0 bridgehead atoms. The Hall–Kier alpha value is -2.34. The van der Waals surface area contributed by atoms with Gasteiger partial charge in [-0.25, -0.2) is 4.98 Å². The van der Waals surface area contributed by atoms with Crippen molar-refractivity contribution in [1.82, 2.24) is 14.8 Å². The number of carbonyl (C=O) groups is 2. The Bertz CT molecular complexity index is 825. The molecule has 0 spiro atoms. The maximum absolute atomic E-state index is 12.5. The third-order valence-electron chi connectivity index (χ3n) is 4.76. The van der Waals surface area contributed by atoms with Crippen molar-refractivity contribution in [2.45, 2.75) is 25.7 Å². The minimum atomic E-state index is -0.221. The molecule has 2 aromatic rings. The smallest absolute Gasteiger partial charge is 0.246 e. The van der Waals surface area contributed by atoms with Crippen LogP contribution in [0.4, 0.5) is 0 Å². The van der Waals surface area contributed by atoms with E-state index in [0.717, 1.165) is 23.9 Å². The first-order valence-electron chi connectivity index (χ1n) is 8.77. The second-order valence-corrected chi connectivity index (χ2v) is 6.81. The van der Waals surface area contributed by atoms with Crippen LogP contribution in [0, 0.1) is 0 Å². The maximum atomic E-state index is 12.5. The number of oxazole rings is 1. The summed E-state index contributed by atoms with van der Waals surface area (Å²) in [5.41, 5.74) is 1.48. The summed E-state index contributed by atoms with van der Waals surface area (Å²) in [5, 5.41) is 0.632. The lowest BCUT2D eigenvalue weighted by atomic mass is 9.96. The molecule has 1 saturated heterocycles. The van der Waals surface area contributed by atoms with Crippen LogP contribution in [0.3, 0.4) is 0 Å². The first-order chi connectivity index (χ1) is 12.5. The third-order valence-corrected chi connectivity index (χ3v) is 4.99. The lowest BCUT2D eigenvalue weighted by Gasteiger charge is -2.32. The first kappa shape index (κ1) is 18.5. The Kier molecular flexibility index (Phi) is 5.61. The number of piperidine rings is 1. The molecule has 26 heavy (non-hydrogen) atoms. The summed E-state index contributed by atoms with van der Waals surface area (Å²) in [5.74, 6) is 0.624. The number of nitrogens with zero attached hydrogens (tertiary/aromatic N) is 3. The van der Waals surface area contributed by atoms with Crippen LogP contribution >= 0.6 is 11.6 Å². The van der Waals surface area contributed by atoms with Crippen molar-refractivity contribution in [3.63, 3.8) is 0 Å². The highest BCUT2D eigenvalue weighted by Gasteiger charge is 2.28. The van der Waals surface area contributed by atoms with Gasteiger partial charge in [0.15, 0.2) is 11.5 Å². The van der Waals surface area contributed by atoms with E-state index >= 15 is 0 Å². The van der Waals surface area contributed by atoms with Gasteiger partial charge in [-0.2, -0.15) is 0 Å². The fourth-order valence-electron chi connectivity index (χ4n) is 3.21. The lowest BCUT2D eigenvalue weighted by molar-refractivity contribution is -0.138. The van der Waals surface area contributed by atoms with Gasteiger partial charge in [0, 0.05) is 30.6 Å². The summed E-state index contributed by atoms with van der Waals surface area (Å²) in [6.07, 6.45) is 2.81. The normalized spacial score (nSPS) is 15.2. The molecule has 0 saturated carbocycles. The first-order valence-corrected chi connectivity index (χ1v) is 9.14. The molecule has 0 atom stereocenters. The molecule has 6 nitrogen and oxygen atoms in total. The van der Waals surface area contributed by atoms with Crippen molar-refractivity contribution >= 4 is 34.5 Å². The fourth-order valence-corrected chi connectivity index (χ4v) is 3.37. The zero-order chi connectivity index (χ0) is 18.7. The molecule has 1 aromatic heterocycles. The van der Waals surface area contributed by atoms with Crippen LogP contribution in [-0.2, 0) is 9.59 Å². The molecule has 0 aliphatic carbocycles. The number of aromatic nitrogens is 1. The zero-order valence-electron chi connectivity index (χ0n) is 14.8. The van der Waals surface area contributed by atoms with Gasteiger partial charge in [0.1, 0.15) is 5.52 Å². The monoisotopic (exact) mass is 375 g/mol. The standard InChI is InChI=1S/C19H22ClN3O3/c1-3-17(24)22(4-2)12-18(25)23-9-7-13(8-10-23)19-21-15-11-14(20)5-6-16(15)26-19/h3,5-6,11,13H,1,4,7-10,12H2,2H3. The van der Waals surface area contributed by atoms with E-state index in [1.54, 1.807) is 17.0 Å². The van der Waals surface area contributed by atoms with Gasteiger partial charge in [-0.3, -0.25) is 9.59 Å². The molecule has 1 fully saturated rings. The summed E-state index contributed by atoms with van der Waals surface area (Å²) in [6, 6.07) is 5.39. The summed E-state index contributed by atoms with van der Waals surface area (Å²) >= 11 is 5.99. The molecular formula is C19H22ClN3O3. The molecule has 138 valence electrons. The van der Waals surface area contributed by atoms with E-state index in [1.807, 2.05) is 13.0 Å². The maximum Gasteiger partial charge on any atom is 0.246 e. The van der Waals surface area contributed by atoms with Gasteiger partial charge < -0.3 is 14.2 Å². The van der Waals surface area contributed by atoms with Gasteiger partial charge >= 0.3 is 0 Å². The van der Waals surface area contributed by atoms with Crippen LogP contribution in [0.2, 0.25) is 5.02 Å². The number of benzene rings is 1. The van der Waals surface area contributed by atoms with E-state index in [-0.39, 0.29) is 24.3 Å². The quantitative estimate of drug-likeness (QED) is 0.752. The Balaban J connectivity index is 1.60. The Morgan fingerprint density at radius 2 is 2.15 bits per heavy atom. The van der Waals surface area contributed by atoms with Crippen molar-refractivity contribution < 1.29 is 14.0 Å². The number of fused-ring (bicyclic) bond motifs is 1. The predicted octanol–water partition coefficient (Wildman–Crippen LogP) is 3.22. The van der Waals surface area contributed by atoms with Crippen molar-refractivity contribution in [2.24, 2.45) is 0 Å². The highest BCUT2D eigenvalue weighted by molar-refractivity contribution is 6.31. The van der Waals surface area contributed by atoms with E-state index < -0.39 is 0 Å². The number of likely N-dealkylation sites (N-methyl/N-ethyl adjacent to an activating group) is 1. The Labute approximate surface area is 157 Å². The average Bonchev–Trinajstić information content (AvgIpc) is 3.08. The van der Waals surface area contributed by atoms with E-state index in [0.29, 0.717) is 30.5 Å². The summed E-state index contributed by atoms with van der Waals surface area (Å²) in [7, 11) is 0. The average molecular weight is 376 g/mol. The number of likely N-dealkylation sites (tertiary alicyclic amines) is 1. The van der Waals surface area contributed by atoms with E-state index in [1.165, 1.54) is 11.0 Å². The van der Waals surface area contributed by atoms with Gasteiger partial charge in [-0.05, 0) is 44.0 Å². The summed E-state index contributed by atoms with van der Waals surface area (Å²) in [4.78, 5) is 32.0. The molecule has 0 N–H and O–H groups in total. The van der Waals surface area contributed by atoms with Crippen LogP contribution in [0.5, 0.6) is 0 Å². The minimum absolute atomic E-state index is 0.0372. The van der Waals surface area contributed by atoms with Crippen LogP contribution in [0.25, 0.3) is 11.1 Å². The number of carbonyl (C=O) groups excluding carboxylic acids is 2. The van der Waals surface area contributed by atoms with Gasteiger partial charge in [0.2, 0.25) is 11.8 Å². The summed E-state index contributed by atoms with van der Waals surface area (Å²) < 4.78 is 5.85. The third kappa shape index (κ3) is 3.90. The van der Waals surface area contributed by atoms with E-state index in [4.69, 9.17) is 16.0 Å². The number of hydrogen-bond acceptors (Lipinski definition) is 4. The van der Waals surface area contributed by atoms with Crippen molar-refractivity contribution in [3.05, 3.63) is 41.8 Å². The number of halogens is 1. The van der Waals surface area contributed by atoms with Gasteiger partial charge in [-0.1, -0.05) is 18.2 Å². The molecule has 0 unspecified atom stereocenters. The second kappa shape index (κ2) is 7.91. The Morgan fingerprint density at radius 3 is 2.81 bits per heavy atom. The molecule has 7 heteroatoms. The molecule has 2 amide bonds. The van der Waals surface area contributed by atoms with Crippen molar-refractivity contribution in [1.29, 1.82) is 0 Å². The minimum Gasteiger partial charge on any atom is -0.440 e. The number of amides is 2. The topological polar surface area (TPSA) is 66.7 Å². The SMILES string of the molecule is C=CC(=O)N(CC)CC(=O)N1CCC(c2nc3cc(Cl)ccc3o2)CC1. The van der Waals surface area contributed by atoms with Crippen LogP contribution < -0.4 is 0 Å². The van der Waals surface area contributed by atoms with E-state index in [2.05, 4.69) is 11.6 Å². The largest absolute Gasteiger partial charge is 0.440 e. The van der Waals surface area contributed by atoms with Gasteiger partial charge in [0.05, 0.1) is 6.54 Å². The second-order valence-electron chi connectivity index (χ2n) is 6.38. The Morgan fingerprint density at radius 1 is 1.42 bits per heavy atom. The highest BCUT2D eigenvalue weighted by atomic mass is 35.5. The molecule has 1 aliphatic rings. The predicted molar refractivity (Wildman–Crippen MR) is 100 cm³/mol. The number of rotatable bonds is 5. The van der Waals surface area contributed by atoms with Crippen molar-refractivity contribution in [2.75, 3.05) is 26.2 Å². The molecule has 1 aliphatic heterocycles. The zero-order valence-corrected chi connectivity index (χ0v) is 15.5. The fraction of sp³-hybridized carbons (Fsp3) is 0.421. The van der Waals surface area contributed by atoms with Crippen LogP contribution in [0.1, 0.15) is 31.6 Å². The van der Waals surface area contributed by atoms with Crippen LogP contribution in [0.15, 0.2) is 35.3 Å². The molecular weight excluding hydrogens is 354 g/mol. The van der Waals surface area contributed by atoms with Crippen molar-refractivity contribution in [3.8, 4) is 0 Å². The van der Waals surface area contributed by atoms with E-state index in [9.17, 15) is 9.59 Å². The molecule has 0 radical (unpaired) electrons. The van der Waals surface area contributed by atoms with Crippen LogP contribution in [-0.4, -0.2) is 52.8 Å². The molecule has 1 aromatic carbocycles. The van der Waals surface area contributed by atoms with Gasteiger partial charge in [-0.15, -0.1) is 0 Å².